The van der Waals surface area contributed by atoms with Crippen molar-refractivity contribution in [2.24, 2.45) is 0 Å². The first-order valence-corrected chi connectivity index (χ1v) is 6.91. The molecule has 0 aliphatic heterocycles. The van der Waals surface area contributed by atoms with Crippen molar-refractivity contribution in [3.63, 3.8) is 0 Å². The molecule has 1 aromatic heterocycles. The predicted octanol–water partition coefficient (Wildman–Crippen LogP) is 2.31. The van der Waals surface area contributed by atoms with E-state index in [1.165, 1.54) is 28.2 Å². The maximum atomic E-state index is 13.7. The molecule has 0 saturated carbocycles. The number of hydroxylamine groups is 1. The van der Waals surface area contributed by atoms with Crippen LogP contribution >= 0.6 is 0 Å². The van der Waals surface area contributed by atoms with Crippen LogP contribution in [-0.4, -0.2) is 15.7 Å². The van der Waals surface area contributed by atoms with Crippen molar-refractivity contribution in [3.05, 3.63) is 82.0 Å². The van der Waals surface area contributed by atoms with Gasteiger partial charge in [-0.15, -0.1) is 0 Å². The Labute approximate surface area is 130 Å². The third-order valence-electron chi connectivity index (χ3n) is 3.64. The smallest absolute Gasteiger partial charge is 0.274 e. The number of carbonyl (C=O) groups is 1. The standard InChI is InChI=1S/C17H13FN2O3/c18-15-4-2-1-3-13(15)10-20-8-7-11-5-6-12(16(21)19-23)9-14(11)17(20)22/h1-9,23H,10H2,(H,19,21). The van der Waals surface area contributed by atoms with E-state index >= 15 is 0 Å². The Hall–Kier alpha value is -2.99. The summed E-state index contributed by atoms with van der Waals surface area (Å²) in [6.07, 6.45) is 1.59. The maximum absolute atomic E-state index is 13.7. The Kier molecular flexibility index (Phi) is 3.91. The van der Waals surface area contributed by atoms with Crippen LogP contribution in [0.4, 0.5) is 4.39 Å². The van der Waals surface area contributed by atoms with Gasteiger partial charge in [0.1, 0.15) is 5.82 Å². The number of rotatable bonds is 3. The van der Waals surface area contributed by atoms with Crippen molar-refractivity contribution >= 4 is 16.7 Å². The molecule has 3 aromatic rings. The number of benzene rings is 2. The normalized spacial score (nSPS) is 10.7. The first-order chi connectivity index (χ1) is 11.1. The number of nitrogens with zero attached hydrogens (tertiary/aromatic N) is 1. The number of fused-ring (bicyclic) bond motifs is 1. The Balaban J connectivity index is 2.09. The van der Waals surface area contributed by atoms with Gasteiger partial charge in [0.2, 0.25) is 0 Å². The average Bonchev–Trinajstić information content (AvgIpc) is 2.58. The van der Waals surface area contributed by atoms with Gasteiger partial charge in [-0.1, -0.05) is 24.3 Å². The van der Waals surface area contributed by atoms with E-state index in [1.807, 2.05) is 0 Å². The van der Waals surface area contributed by atoms with Gasteiger partial charge >= 0.3 is 0 Å². The molecule has 0 fully saturated rings. The molecule has 3 rings (SSSR count). The largest absolute Gasteiger partial charge is 0.310 e. The fraction of sp³-hybridized carbons (Fsp3) is 0.0588. The fourth-order valence-corrected chi connectivity index (χ4v) is 2.42. The summed E-state index contributed by atoms with van der Waals surface area (Å²) in [6.45, 7) is 0.0951. The van der Waals surface area contributed by atoms with Crippen LogP contribution in [-0.2, 0) is 6.54 Å². The molecule has 0 aliphatic rings. The van der Waals surface area contributed by atoms with Crippen molar-refractivity contribution in [1.29, 1.82) is 0 Å². The SMILES string of the molecule is O=C(NO)c1ccc2ccn(Cc3ccccc3F)c(=O)c2c1. The van der Waals surface area contributed by atoms with Gasteiger partial charge in [-0.3, -0.25) is 14.8 Å². The quantitative estimate of drug-likeness (QED) is 0.576. The highest BCUT2D eigenvalue weighted by Gasteiger charge is 2.09. The molecule has 0 bridgehead atoms. The van der Waals surface area contributed by atoms with Gasteiger partial charge in [0.05, 0.1) is 6.54 Å². The zero-order valence-corrected chi connectivity index (χ0v) is 12.0. The third kappa shape index (κ3) is 2.84. The van der Waals surface area contributed by atoms with E-state index in [4.69, 9.17) is 5.21 Å². The van der Waals surface area contributed by atoms with Crippen LogP contribution in [0.25, 0.3) is 10.8 Å². The van der Waals surface area contributed by atoms with Crippen LogP contribution < -0.4 is 11.0 Å². The highest BCUT2D eigenvalue weighted by Crippen LogP contribution is 2.14. The number of halogens is 1. The van der Waals surface area contributed by atoms with Crippen LogP contribution in [0.2, 0.25) is 0 Å². The Bertz CT molecular complexity index is 950. The summed E-state index contributed by atoms with van der Waals surface area (Å²) in [4.78, 5) is 24.0. The second-order valence-corrected chi connectivity index (χ2v) is 5.08. The van der Waals surface area contributed by atoms with Crippen LogP contribution in [0.3, 0.4) is 0 Å². The first kappa shape index (κ1) is 14.9. The zero-order chi connectivity index (χ0) is 16.4. The van der Waals surface area contributed by atoms with E-state index in [-0.39, 0.29) is 23.5 Å². The molecule has 6 heteroatoms. The number of nitrogens with one attached hydrogen (secondary N) is 1. The minimum absolute atomic E-state index is 0.0951. The summed E-state index contributed by atoms with van der Waals surface area (Å²) in [5.41, 5.74) is 1.76. The molecule has 1 amide bonds. The molecule has 0 spiro atoms. The Morgan fingerprint density at radius 2 is 1.96 bits per heavy atom. The van der Waals surface area contributed by atoms with Crippen LogP contribution in [0, 0.1) is 5.82 Å². The van der Waals surface area contributed by atoms with Gasteiger partial charge in [-0.05, 0) is 29.7 Å². The topological polar surface area (TPSA) is 71.3 Å². The first-order valence-electron chi connectivity index (χ1n) is 6.91. The molecule has 23 heavy (non-hydrogen) atoms. The van der Waals surface area contributed by atoms with Crippen LogP contribution in [0.5, 0.6) is 0 Å². The molecule has 1 heterocycles. The number of aromatic nitrogens is 1. The lowest BCUT2D eigenvalue weighted by molar-refractivity contribution is 0.0706. The molecule has 2 N–H and O–H groups in total. The van der Waals surface area contributed by atoms with E-state index in [9.17, 15) is 14.0 Å². The van der Waals surface area contributed by atoms with Gasteiger partial charge in [0, 0.05) is 22.7 Å². The number of carbonyl (C=O) groups excluding carboxylic acids is 1. The van der Waals surface area contributed by atoms with Gasteiger partial charge in [0.15, 0.2) is 0 Å². The van der Waals surface area contributed by atoms with Crippen molar-refractivity contribution in [3.8, 4) is 0 Å². The fourth-order valence-electron chi connectivity index (χ4n) is 2.42. The van der Waals surface area contributed by atoms with E-state index in [2.05, 4.69) is 0 Å². The zero-order valence-electron chi connectivity index (χ0n) is 12.0. The number of amides is 1. The number of hydrogen-bond acceptors (Lipinski definition) is 3. The van der Waals surface area contributed by atoms with Crippen molar-refractivity contribution in [2.45, 2.75) is 6.54 Å². The molecule has 0 aliphatic carbocycles. The van der Waals surface area contributed by atoms with E-state index in [0.29, 0.717) is 16.3 Å². The summed E-state index contributed by atoms with van der Waals surface area (Å²) >= 11 is 0. The summed E-state index contributed by atoms with van der Waals surface area (Å²) < 4.78 is 15.1. The highest BCUT2D eigenvalue weighted by atomic mass is 19.1. The van der Waals surface area contributed by atoms with Crippen molar-refractivity contribution in [1.82, 2.24) is 10.0 Å². The lowest BCUT2D eigenvalue weighted by Crippen LogP contribution is -2.22. The lowest BCUT2D eigenvalue weighted by Gasteiger charge is -2.09. The Morgan fingerprint density at radius 3 is 2.70 bits per heavy atom. The molecular weight excluding hydrogens is 299 g/mol. The van der Waals surface area contributed by atoms with Crippen LogP contribution in [0.15, 0.2) is 59.5 Å². The lowest BCUT2D eigenvalue weighted by atomic mass is 10.1. The molecule has 0 unspecified atom stereocenters. The third-order valence-corrected chi connectivity index (χ3v) is 3.64. The van der Waals surface area contributed by atoms with Crippen molar-refractivity contribution < 1.29 is 14.4 Å². The molecule has 116 valence electrons. The van der Waals surface area contributed by atoms with E-state index < -0.39 is 5.91 Å². The minimum Gasteiger partial charge on any atom is -0.310 e. The summed E-state index contributed by atoms with van der Waals surface area (Å²) in [7, 11) is 0. The molecule has 5 nitrogen and oxygen atoms in total. The predicted molar refractivity (Wildman–Crippen MR) is 83.0 cm³/mol. The molecule has 2 aromatic carbocycles. The molecular formula is C17H13FN2O3. The summed E-state index contributed by atoms with van der Waals surface area (Å²) in [5.74, 6) is -1.08. The maximum Gasteiger partial charge on any atom is 0.274 e. The minimum atomic E-state index is -0.698. The molecule has 0 radical (unpaired) electrons. The van der Waals surface area contributed by atoms with Gasteiger partial charge < -0.3 is 4.57 Å². The van der Waals surface area contributed by atoms with Gasteiger partial charge in [0.25, 0.3) is 11.5 Å². The van der Waals surface area contributed by atoms with Crippen molar-refractivity contribution in [2.75, 3.05) is 0 Å². The number of pyridine rings is 1. The van der Waals surface area contributed by atoms with Crippen LogP contribution in [0.1, 0.15) is 15.9 Å². The molecule has 0 atom stereocenters. The highest BCUT2D eigenvalue weighted by molar-refractivity contribution is 5.97. The average molecular weight is 312 g/mol. The Morgan fingerprint density at radius 1 is 1.17 bits per heavy atom. The van der Waals surface area contributed by atoms with Gasteiger partial charge in [-0.2, -0.15) is 0 Å². The second kappa shape index (κ2) is 6.02. The number of hydrogen-bond donors (Lipinski definition) is 2. The van der Waals surface area contributed by atoms with E-state index in [1.54, 1.807) is 36.5 Å². The second-order valence-electron chi connectivity index (χ2n) is 5.08. The van der Waals surface area contributed by atoms with Gasteiger partial charge in [-0.25, -0.2) is 9.87 Å². The summed E-state index contributed by atoms with van der Waals surface area (Å²) in [6, 6.07) is 12.5. The summed E-state index contributed by atoms with van der Waals surface area (Å²) in [5, 5.41) is 9.67. The monoisotopic (exact) mass is 312 g/mol. The molecule has 0 saturated heterocycles. The van der Waals surface area contributed by atoms with E-state index in [0.717, 1.165) is 0 Å².